The predicted molar refractivity (Wildman–Crippen MR) is 38.3 cm³/mol. The van der Waals surface area contributed by atoms with Crippen LogP contribution >= 0.6 is 0 Å². The van der Waals surface area contributed by atoms with E-state index in [-0.39, 0.29) is 5.92 Å². The summed E-state index contributed by atoms with van der Waals surface area (Å²) in [6, 6.07) is 0. The van der Waals surface area contributed by atoms with Crippen molar-refractivity contribution in [3.05, 3.63) is 23.9 Å². The van der Waals surface area contributed by atoms with Gasteiger partial charge in [-0.1, -0.05) is 12.2 Å². The van der Waals surface area contributed by atoms with Crippen LogP contribution in [0.4, 0.5) is 0 Å². The van der Waals surface area contributed by atoms with Crippen molar-refractivity contribution < 1.29 is 4.79 Å². The Balaban J connectivity index is 2.27. The fraction of sp³-hybridized carbons (Fsp3) is 0.375. The van der Waals surface area contributed by atoms with Crippen LogP contribution in [0, 0.1) is 5.92 Å². The third-order valence-electron chi connectivity index (χ3n) is 1.96. The zero-order valence-corrected chi connectivity index (χ0v) is 5.63. The molecule has 0 spiro atoms. The summed E-state index contributed by atoms with van der Waals surface area (Å²) in [5, 5.41) is 3.19. The third-order valence-corrected chi connectivity index (χ3v) is 1.96. The van der Waals surface area contributed by atoms with Crippen molar-refractivity contribution in [1.29, 1.82) is 0 Å². The molecule has 2 heteroatoms. The quantitative estimate of drug-likeness (QED) is 0.527. The number of hydrogen-bond donors (Lipinski definition) is 1. The highest BCUT2D eigenvalue weighted by Gasteiger charge is 2.25. The molecule has 0 aromatic rings. The van der Waals surface area contributed by atoms with Gasteiger partial charge in [0.05, 0.1) is 5.92 Å². The summed E-state index contributed by atoms with van der Waals surface area (Å²) >= 11 is 0. The Hall–Kier alpha value is -1.05. The largest absolute Gasteiger partial charge is 0.387 e. The van der Waals surface area contributed by atoms with Crippen molar-refractivity contribution in [3.63, 3.8) is 0 Å². The first-order valence-corrected chi connectivity index (χ1v) is 3.53. The summed E-state index contributed by atoms with van der Waals surface area (Å²) in [5.41, 5.74) is 1.08. The van der Waals surface area contributed by atoms with Gasteiger partial charge in [0.1, 0.15) is 5.78 Å². The normalized spacial score (nSPS) is 29.4. The number of piperidine rings is 1. The van der Waals surface area contributed by atoms with Gasteiger partial charge in [-0.15, -0.1) is 0 Å². The van der Waals surface area contributed by atoms with Crippen LogP contribution in [0.2, 0.25) is 0 Å². The number of Topliss-reactive ketones (excluding diaryl/α,β-unsaturated/α-hetero) is 1. The molecule has 1 aliphatic heterocycles. The van der Waals surface area contributed by atoms with Gasteiger partial charge in [0, 0.05) is 18.7 Å². The first-order chi connectivity index (χ1) is 4.88. The highest BCUT2D eigenvalue weighted by atomic mass is 16.1. The van der Waals surface area contributed by atoms with E-state index in [0.717, 1.165) is 12.2 Å². The molecular weight excluding hydrogens is 126 g/mol. The van der Waals surface area contributed by atoms with Gasteiger partial charge in [0.25, 0.3) is 0 Å². The zero-order chi connectivity index (χ0) is 6.97. The average Bonchev–Trinajstić information content (AvgIpc) is 2.36. The van der Waals surface area contributed by atoms with Crippen LogP contribution in [0.5, 0.6) is 0 Å². The summed E-state index contributed by atoms with van der Waals surface area (Å²) in [4.78, 5) is 11.1. The average molecular weight is 135 g/mol. The van der Waals surface area contributed by atoms with Crippen molar-refractivity contribution in [2.75, 3.05) is 6.54 Å². The number of allylic oxidation sites excluding steroid dienone is 3. The van der Waals surface area contributed by atoms with Crippen LogP contribution in [0.3, 0.4) is 0 Å². The molecule has 2 nitrogen and oxygen atoms in total. The SMILES string of the molecule is O=C1CCNC2=CC=CC12. The molecule has 0 bridgehead atoms. The van der Waals surface area contributed by atoms with E-state index < -0.39 is 0 Å². The lowest BCUT2D eigenvalue weighted by molar-refractivity contribution is -0.121. The summed E-state index contributed by atoms with van der Waals surface area (Å²) in [7, 11) is 0. The topological polar surface area (TPSA) is 29.1 Å². The Labute approximate surface area is 59.6 Å². The minimum absolute atomic E-state index is 0.0637. The number of nitrogens with one attached hydrogen (secondary N) is 1. The summed E-state index contributed by atoms with van der Waals surface area (Å²) in [6.45, 7) is 0.808. The van der Waals surface area contributed by atoms with Crippen molar-refractivity contribution >= 4 is 5.78 Å². The number of carbonyl (C=O) groups excluding carboxylic acids is 1. The molecule has 1 aliphatic carbocycles. The molecule has 1 unspecified atom stereocenters. The number of fused-ring (bicyclic) bond motifs is 1. The van der Waals surface area contributed by atoms with Gasteiger partial charge in [-0.3, -0.25) is 4.79 Å². The standard InChI is InChI=1S/C8H9NO/c10-8-4-5-9-7-3-1-2-6(7)8/h1-3,6,9H,4-5H2. The Kier molecular flexibility index (Phi) is 1.13. The number of hydrogen-bond acceptors (Lipinski definition) is 2. The lowest BCUT2D eigenvalue weighted by Gasteiger charge is -2.20. The monoisotopic (exact) mass is 135 g/mol. The maximum Gasteiger partial charge on any atom is 0.147 e. The number of carbonyl (C=O) groups is 1. The van der Waals surface area contributed by atoms with Crippen molar-refractivity contribution in [2.24, 2.45) is 5.92 Å². The summed E-state index contributed by atoms with van der Waals surface area (Å²) in [5.74, 6) is 0.410. The zero-order valence-electron chi connectivity index (χ0n) is 5.63. The van der Waals surface area contributed by atoms with E-state index in [1.165, 1.54) is 0 Å². The molecule has 1 saturated heterocycles. The summed E-state index contributed by atoms with van der Waals surface area (Å²) < 4.78 is 0. The van der Waals surface area contributed by atoms with Crippen LogP contribution in [0.1, 0.15) is 6.42 Å². The lowest BCUT2D eigenvalue weighted by Crippen LogP contribution is -2.32. The van der Waals surface area contributed by atoms with Crippen LogP contribution in [-0.4, -0.2) is 12.3 Å². The smallest absolute Gasteiger partial charge is 0.147 e. The van der Waals surface area contributed by atoms with E-state index in [1.54, 1.807) is 0 Å². The molecule has 10 heavy (non-hydrogen) atoms. The highest BCUT2D eigenvalue weighted by Crippen LogP contribution is 2.21. The Morgan fingerprint density at radius 2 is 2.50 bits per heavy atom. The van der Waals surface area contributed by atoms with Crippen LogP contribution in [-0.2, 0) is 4.79 Å². The molecule has 1 heterocycles. The van der Waals surface area contributed by atoms with Gasteiger partial charge in [-0.2, -0.15) is 0 Å². The molecule has 0 aromatic carbocycles. The van der Waals surface area contributed by atoms with Crippen molar-refractivity contribution in [3.8, 4) is 0 Å². The first kappa shape index (κ1) is 5.71. The second-order valence-electron chi connectivity index (χ2n) is 2.63. The second kappa shape index (κ2) is 1.97. The van der Waals surface area contributed by atoms with E-state index in [4.69, 9.17) is 0 Å². The Bertz CT molecular complexity index is 227. The molecule has 2 rings (SSSR count). The van der Waals surface area contributed by atoms with Gasteiger partial charge in [-0.05, 0) is 6.08 Å². The molecule has 1 fully saturated rings. The molecule has 0 amide bonds. The van der Waals surface area contributed by atoms with Crippen LogP contribution < -0.4 is 5.32 Å². The third kappa shape index (κ3) is 0.685. The lowest BCUT2D eigenvalue weighted by atomic mass is 9.97. The van der Waals surface area contributed by atoms with E-state index in [0.29, 0.717) is 12.2 Å². The van der Waals surface area contributed by atoms with E-state index >= 15 is 0 Å². The molecule has 52 valence electrons. The van der Waals surface area contributed by atoms with Gasteiger partial charge in [0.15, 0.2) is 0 Å². The van der Waals surface area contributed by atoms with E-state index in [9.17, 15) is 4.79 Å². The minimum atomic E-state index is 0.0637. The van der Waals surface area contributed by atoms with Crippen molar-refractivity contribution in [1.82, 2.24) is 5.32 Å². The van der Waals surface area contributed by atoms with Gasteiger partial charge < -0.3 is 5.32 Å². The first-order valence-electron chi connectivity index (χ1n) is 3.53. The molecule has 2 aliphatic rings. The fourth-order valence-electron chi connectivity index (χ4n) is 1.41. The summed E-state index contributed by atoms with van der Waals surface area (Å²) in [6.07, 6.45) is 6.54. The Morgan fingerprint density at radius 3 is 3.30 bits per heavy atom. The maximum absolute atomic E-state index is 11.1. The Morgan fingerprint density at radius 1 is 1.60 bits per heavy atom. The molecular formula is C8H9NO. The second-order valence-corrected chi connectivity index (χ2v) is 2.63. The molecule has 0 radical (unpaired) electrons. The molecule has 0 aromatic heterocycles. The molecule has 1 atom stereocenters. The highest BCUT2D eigenvalue weighted by molar-refractivity contribution is 5.87. The minimum Gasteiger partial charge on any atom is -0.387 e. The number of ketones is 1. The van der Waals surface area contributed by atoms with Crippen molar-refractivity contribution in [2.45, 2.75) is 6.42 Å². The van der Waals surface area contributed by atoms with Gasteiger partial charge in [0.2, 0.25) is 0 Å². The predicted octanol–water partition coefficient (Wildman–Crippen LogP) is 0.619. The fourth-order valence-corrected chi connectivity index (χ4v) is 1.41. The molecule has 0 saturated carbocycles. The van der Waals surface area contributed by atoms with Crippen LogP contribution in [0.25, 0.3) is 0 Å². The van der Waals surface area contributed by atoms with Gasteiger partial charge in [-0.25, -0.2) is 0 Å². The van der Waals surface area contributed by atoms with E-state index in [1.807, 2.05) is 18.2 Å². The number of rotatable bonds is 0. The van der Waals surface area contributed by atoms with Gasteiger partial charge >= 0.3 is 0 Å². The van der Waals surface area contributed by atoms with Crippen LogP contribution in [0.15, 0.2) is 23.9 Å². The maximum atomic E-state index is 11.1. The van der Waals surface area contributed by atoms with E-state index in [2.05, 4.69) is 5.32 Å². The molecule has 1 N–H and O–H groups in total.